The van der Waals surface area contributed by atoms with Crippen molar-refractivity contribution >= 4 is 15.8 Å². The maximum Gasteiger partial charge on any atom is 0.191 e. The normalized spacial score (nSPS) is 16.3. The number of hydrogen-bond donors (Lipinski definition) is 2. The predicted molar refractivity (Wildman–Crippen MR) is 107 cm³/mol. The van der Waals surface area contributed by atoms with Gasteiger partial charge in [0, 0.05) is 39.0 Å². The fourth-order valence-electron chi connectivity index (χ4n) is 3.52. The van der Waals surface area contributed by atoms with Crippen molar-refractivity contribution in [3.05, 3.63) is 29.3 Å². The van der Waals surface area contributed by atoms with Gasteiger partial charge in [-0.1, -0.05) is 25.0 Å². The maximum atomic E-state index is 11.7. The molecule has 0 unspecified atom stereocenters. The van der Waals surface area contributed by atoms with Gasteiger partial charge >= 0.3 is 0 Å². The van der Waals surface area contributed by atoms with Crippen LogP contribution in [0.15, 0.2) is 28.1 Å². The van der Waals surface area contributed by atoms with Gasteiger partial charge in [-0.15, -0.1) is 0 Å². The van der Waals surface area contributed by atoms with Gasteiger partial charge in [-0.05, 0) is 44.0 Å². The zero-order valence-electron chi connectivity index (χ0n) is 16.4. The number of nitrogens with zero attached hydrogens (tertiary/aromatic N) is 2. The number of aliphatic imine (C=N–C) groups is 1. The van der Waals surface area contributed by atoms with E-state index in [1.165, 1.54) is 31.9 Å². The van der Waals surface area contributed by atoms with Crippen molar-refractivity contribution in [2.75, 3.05) is 33.4 Å². The second-order valence-electron chi connectivity index (χ2n) is 7.14. The van der Waals surface area contributed by atoms with E-state index in [-0.39, 0.29) is 0 Å². The third-order valence-corrected chi connectivity index (χ3v) is 6.28. The van der Waals surface area contributed by atoms with Crippen LogP contribution >= 0.6 is 0 Å². The summed E-state index contributed by atoms with van der Waals surface area (Å²) in [5.41, 5.74) is 1.80. The van der Waals surface area contributed by atoms with Crippen molar-refractivity contribution in [1.82, 2.24) is 15.5 Å². The van der Waals surface area contributed by atoms with Gasteiger partial charge in [0.2, 0.25) is 0 Å². The third kappa shape index (κ3) is 5.99. The summed E-state index contributed by atoms with van der Waals surface area (Å²) in [5.74, 6) is 0.759. The van der Waals surface area contributed by atoms with Crippen LogP contribution in [-0.2, 0) is 16.4 Å². The van der Waals surface area contributed by atoms with Crippen LogP contribution in [0.5, 0.6) is 0 Å². The van der Waals surface area contributed by atoms with Crippen LogP contribution in [0.25, 0.3) is 0 Å². The molecule has 0 atom stereocenters. The minimum atomic E-state index is -3.17. The zero-order valence-corrected chi connectivity index (χ0v) is 17.2. The molecular weight excluding hydrogens is 348 g/mol. The average molecular weight is 381 g/mol. The summed E-state index contributed by atoms with van der Waals surface area (Å²) in [6.07, 6.45) is 6.56. The minimum absolute atomic E-state index is 0.388. The number of rotatable bonds is 7. The van der Waals surface area contributed by atoms with E-state index < -0.39 is 9.84 Å². The van der Waals surface area contributed by atoms with E-state index in [4.69, 9.17) is 0 Å². The number of guanidine groups is 1. The molecule has 6 nitrogen and oxygen atoms in total. The SMILES string of the molecule is CN=C(NCCN(C)C1CCCC1)NCc1ccc(S(C)(=O)=O)c(C)c1. The van der Waals surface area contributed by atoms with Gasteiger partial charge in [-0.25, -0.2) is 8.42 Å². The lowest BCUT2D eigenvalue weighted by Crippen LogP contribution is -2.42. The first kappa shape index (κ1) is 20.7. The van der Waals surface area contributed by atoms with Crippen molar-refractivity contribution in [1.29, 1.82) is 0 Å². The van der Waals surface area contributed by atoms with E-state index >= 15 is 0 Å². The monoisotopic (exact) mass is 380 g/mol. The molecule has 1 aromatic carbocycles. The summed E-state index contributed by atoms with van der Waals surface area (Å²) in [7, 11) is 0.778. The van der Waals surface area contributed by atoms with Crippen molar-refractivity contribution in [3.8, 4) is 0 Å². The van der Waals surface area contributed by atoms with Crippen LogP contribution in [0.2, 0.25) is 0 Å². The molecule has 2 rings (SSSR count). The Morgan fingerprint density at radius 1 is 1.27 bits per heavy atom. The summed E-state index contributed by atoms with van der Waals surface area (Å²) in [5, 5.41) is 6.63. The Balaban J connectivity index is 1.80. The zero-order chi connectivity index (χ0) is 19.2. The number of likely N-dealkylation sites (N-methyl/N-ethyl adjacent to an activating group) is 1. The average Bonchev–Trinajstić information content (AvgIpc) is 3.11. The molecule has 1 saturated carbocycles. The van der Waals surface area contributed by atoms with Crippen LogP contribution in [-0.4, -0.2) is 58.8 Å². The molecule has 1 aliphatic rings. The highest BCUT2D eigenvalue weighted by atomic mass is 32.2. The van der Waals surface area contributed by atoms with Gasteiger partial charge in [0.15, 0.2) is 15.8 Å². The highest BCUT2D eigenvalue weighted by molar-refractivity contribution is 7.90. The Morgan fingerprint density at radius 3 is 2.54 bits per heavy atom. The molecule has 26 heavy (non-hydrogen) atoms. The topological polar surface area (TPSA) is 73.8 Å². The highest BCUT2D eigenvalue weighted by Crippen LogP contribution is 2.21. The lowest BCUT2D eigenvalue weighted by Gasteiger charge is -2.24. The highest BCUT2D eigenvalue weighted by Gasteiger charge is 2.18. The fourth-order valence-corrected chi connectivity index (χ4v) is 4.48. The van der Waals surface area contributed by atoms with Crippen LogP contribution < -0.4 is 10.6 Å². The van der Waals surface area contributed by atoms with Crippen LogP contribution in [0.4, 0.5) is 0 Å². The van der Waals surface area contributed by atoms with E-state index in [1.54, 1.807) is 13.1 Å². The van der Waals surface area contributed by atoms with Gasteiger partial charge in [-0.2, -0.15) is 0 Å². The molecule has 1 aliphatic carbocycles. The molecule has 0 spiro atoms. The lowest BCUT2D eigenvalue weighted by molar-refractivity contribution is 0.249. The summed E-state index contributed by atoms with van der Waals surface area (Å²) in [6.45, 7) is 4.26. The van der Waals surface area contributed by atoms with Crippen LogP contribution in [0.1, 0.15) is 36.8 Å². The van der Waals surface area contributed by atoms with Crippen LogP contribution in [0.3, 0.4) is 0 Å². The maximum absolute atomic E-state index is 11.7. The first-order chi connectivity index (χ1) is 12.3. The molecule has 0 radical (unpaired) electrons. The second-order valence-corrected chi connectivity index (χ2v) is 9.13. The molecule has 0 aliphatic heterocycles. The number of nitrogens with one attached hydrogen (secondary N) is 2. The molecule has 0 bridgehead atoms. The summed E-state index contributed by atoms with van der Waals surface area (Å²) < 4.78 is 23.4. The standard InChI is InChI=1S/C19H32N4O2S/c1-15-13-16(9-10-18(15)26(4,24)25)14-22-19(20-2)21-11-12-23(3)17-7-5-6-8-17/h9-10,13,17H,5-8,11-12,14H2,1-4H3,(H2,20,21,22). The first-order valence-electron chi connectivity index (χ1n) is 9.25. The quantitative estimate of drug-likeness (QED) is 0.559. The van der Waals surface area contributed by atoms with Gasteiger partial charge in [0.05, 0.1) is 4.90 Å². The largest absolute Gasteiger partial charge is 0.355 e. The van der Waals surface area contributed by atoms with Gasteiger partial charge < -0.3 is 15.5 Å². The Hall–Kier alpha value is -1.60. The molecule has 1 fully saturated rings. The Morgan fingerprint density at radius 2 is 1.96 bits per heavy atom. The number of benzene rings is 1. The number of sulfone groups is 1. The summed E-state index contributed by atoms with van der Waals surface area (Å²) >= 11 is 0. The van der Waals surface area contributed by atoms with Gasteiger partial charge in [0.1, 0.15) is 0 Å². The smallest absolute Gasteiger partial charge is 0.191 e. The molecule has 0 amide bonds. The molecule has 2 N–H and O–H groups in total. The molecule has 0 heterocycles. The molecule has 0 saturated heterocycles. The first-order valence-corrected chi connectivity index (χ1v) is 11.1. The predicted octanol–water partition coefficient (Wildman–Crippen LogP) is 1.94. The molecule has 0 aromatic heterocycles. The van der Waals surface area contributed by atoms with Crippen molar-refractivity contribution in [2.24, 2.45) is 4.99 Å². The van der Waals surface area contributed by atoms with Crippen molar-refractivity contribution < 1.29 is 8.42 Å². The lowest BCUT2D eigenvalue weighted by atomic mass is 10.1. The molecular formula is C19H32N4O2S. The van der Waals surface area contributed by atoms with Crippen molar-refractivity contribution in [3.63, 3.8) is 0 Å². The number of hydrogen-bond acceptors (Lipinski definition) is 4. The Labute approximate surface area is 158 Å². The third-order valence-electron chi connectivity index (χ3n) is 5.03. The van der Waals surface area contributed by atoms with Gasteiger partial charge in [0.25, 0.3) is 0 Å². The van der Waals surface area contributed by atoms with E-state index in [2.05, 4.69) is 27.6 Å². The van der Waals surface area contributed by atoms with E-state index in [1.807, 2.05) is 19.1 Å². The summed E-state index contributed by atoms with van der Waals surface area (Å²) in [6, 6.07) is 6.15. The van der Waals surface area contributed by atoms with E-state index in [9.17, 15) is 8.42 Å². The van der Waals surface area contributed by atoms with Gasteiger partial charge in [-0.3, -0.25) is 4.99 Å². The molecule has 146 valence electrons. The molecule has 7 heteroatoms. The minimum Gasteiger partial charge on any atom is -0.355 e. The Bertz CT molecular complexity index is 725. The van der Waals surface area contributed by atoms with E-state index in [0.29, 0.717) is 11.4 Å². The number of aryl methyl sites for hydroxylation is 1. The van der Waals surface area contributed by atoms with Crippen LogP contribution in [0, 0.1) is 6.92 Å². The van der Waals surface area contributed by atoms with E-state index in [0.717, 1.165) is 36.2 Å². The molecule has 1 aromatic rings. The second kappa shape index (κ2) is 9.37. The summed E-state index contributed by atoms with van der Waals surface area (Å²) in [4.78, 5) is 7.08. The van der Waals surface area contributed by atoms with Crippen molar-refractivity contribution in [2.45, 2.75) is 50.1 Å². The Kier molecular flexibility index (Phi) is 7.46. The fraction of sp³-hybridized carbons (Fsp3) is 0.632.